The molecule has 4 atom stereocenters. The number of hydrogen-bond acceptors (Lipinski definition) is 5. The predicted octanol–water partition coefficient (Wildman–Crippen LogP) is -1.54. The normalized spacial score (nSPS) is 33.3. The van der Waals surface area contributed by atoms with Gasteiger partial charge in [-0.05, 0) is 0 Å². The summed E-state index contributed by atoms with van der Waals surface area (Å²) in [5, 5.41) is 19.2. The van der Waals surface area contributed by atoms with Gasteiger partial charge in [0.25, 0.3) is 0 Å². The minimum Gasteiger partial charge on any atom is -0.388 e. The monoisotopic (exact) mass is 272 g/mol. The third-order valence-corrected chi connectivity index (χ3v) is 2.90. The minimum atomic E-state index is -5.04. The van der Waals surface area contributed by atoms with Crippen LogP contribution in [-0.4, -0.2) is 71.7 Å². The summed E-state index contributed by atoms with van der Waals surface area (Å²) in [6.45, 7) is -0.402. The van der Waals surface area contributed by atoms with Gasteiger partial charge in [0, 0.05) is 13.6 Å². The van der Waals surface area contributed by atoms with Gasteiger partial charge < -0.3 is 25.6 Å². The molecule has 3 unspecified atom stereocenters. The first-order valence-electron chi connectivity index (χ1n) is 5.22. The van der Waals surface area contributed by atoms with Gasteiger partial charge in [0.1, 0.15) is 12.2 Å². The van der Waals surface area contributed by atoms with Crippen molar-refractivity contribution in [2.75, 3.05) is 20.2 Å². The fourth-order valence-electron chi connectivity index (χ4n) is 1.77. The Balaban J connectivity index is 2.76. The van der Waals surface area contributed by atoms with Crippen molar-refractivity contribution in [2.45, 2.75) is 30.5 Å². The van der Waals surface area contributed by atoms with E-state index < -0.39 is 36.4 Å². The topological polar surface area (TPSA) is 96.0 Å². The molecule has 1 aliphatic rings. The van der Waals surface area contributed by atoms with Gasteiger partial charge in [0.05, 0.1) is 18.8 Å². The van der Waals surface area contributed by atoms with Crippen LogP contribution in [-0.2, 0) is 9.53 Å². The SMILES string of the molecule is CN(C(=O)C(F)(F)F)[C@H]1COC(CN)C(O)C1O. The number of rotatable bonds is 2. The van der Waals surface area contributed by atoms with Gasteiger partial charge in [0.2, 0.25) is 0 Å². The third-order valence-electron chi connectivity index (χ3n) is 2.90. The molecule has 4 N–H and O–H groups in total. The van der Waals surface area contributed by atoms with E-state index >= 15 is 0 Å². The maximum atomic E-state index is 12.2. The average Bonchev–Trinajstić information content (AvgIpc) is 2.29. The molecule has 1 aliphatic heterocycles. The summed E-state index contributed by atoms with van der Waals surface area (Å²) in [6.07, 6.45) is -8.86. The summed E-state index contributed by atoms with van der Waals surface area (Å²) in [5.74, 6) is -2.10. The molecule has 1 saturated heterocycles. The smallest absolute Gasteiger partial charge is 0.388 e. The van der Waals surface area contributed by atoms with E-state index in [0.717, 1.165) is 7.05 Å². The van der Waals surface area contributed by atoms with Gasteiger partial charge in [-0.15, -0.1) is 0 Å². The number of aliphatic hydroxyl groups excluding tert-OH is 2. The van der Waals surface area contributed by atoms with Crippen LogP contribution in [0, 0.1) is 0 Å². The summed E-state index contributed by atoms with van der Waals surface area (Å²) in [7, 11) is 0.891. The lowest BCUT2D eigenvalue weighted by atomic mass is 9.97. The molecule has 106 valence electrons. The number of amides is 1. The van der Waals surface area contributed by atoms with Crippen LogP contribution >= 0.6 is 0 Å². The van der Waals surface area contributed by atoms with Crippen LogP contribution in [0.15, 0.2) is 0 Å². The number of nitrogens with zero attached hydrogens (tertiary/aromatic N) is 1. The fraction of sp³-hybridized carbons (Fsp3) is 0.889. The lowest BCUT2D eigenvalue weighted by Gasteiger charge is -2.41. The number of hydrogen-bond donors (Lipinski definition) is 3. The van der Waals surface area contributed by atoms with Crippen LogP contribution in [0.5, 0.6) is 0 Å². The molecule has 1 amide bonds. The summed E-state index contributed by atoms with van der Waals surface area (Å²) in [6, 6.07) is -1.27. The summed E-state index contributed by atoms with van der Waals surface area (Å²) in [5.41, 5.74) is 5.25. The molecular weight excluding hydrogens is 257 g/mol. The predicted molar refractivity (Wildman–Crippen MR) is 53.4 cm³/mol. The van der Waals surface area contributed by atoms with Crippen molar-refractivity contribution in [3.05, 3.63) is 0 Å². The summed E-state index contributed by atoms with van der Waals surface area (Å²) >= 11 is 0. The van der Waals surface area contributed by atoms with Crippen LogP contribution in [0.2, 0.25) is 0 Å². The number of halogens is 3. The highest BCUT2D eigenvalue weighted by molar-refractivity contribution is 5.82. The Morgan fingerprint density at radius 2 is 2.00 bits per heavy atom. The number of carbonyl (C=O) groups excluding carboxylic acids is 1. The molecule has 1 rings (SSSR count). The van der Waals surface area contributed by atoms with Crippen LogP contribution < -0.4 is 5.73 Å². The van der Waals surface area contributed by atoms with Crippen molar-refractivity contribution in [3.8, 4) is 0 Å². The first kappa shape index (κ1) is 15.2. The first-order chi connectivity index (χ1) is 8.20. The highest BCUT2D eigenvalue weighted by Gasteiger charge is 2.47. The number of likely N-dealkylation sites (N-methyl/N-ethyl adjacent to an activating group) is 1. The highest BCUT2D eigenvalue weighted by atomic mass is 19.4. The zero-order valence-corrected chi connectivity index (χ0v) is 9.59. The Bertz CT molecular complexity index is 313. The first-order valence-corrected chi connectivity index (χ1v) is 5.22. The molecular formula is C9H15F3N2O4. The Kier molecular flexibility index (Phi) is 4.54. The maximum Gasteiger partial charge on any atom is 0.471 e. The van der Waals surface area contributed by atoms with Crippen LogP contribution in [0.3, 0.4) is 0 Å². The molecule has 0 aromatic carbocycles. The molecule has 9 heteroatoms. The Hall–Kier alpha value is -0.900. The average molecular weight is 272 g/mol. The molecule has 18 heavy (non-hydrogen) atoms. The fourth-order valence-corrected chi connectivity index (χ4v) is 1.77. The molecule has 0 aliphatic carbocycles. The zero-order valence-electron chi connectivity index (χ0n) is 9.59. The van der Waals surface area contributed by atoms with Crippen molar-refractivity contribution in [1.82, 2.24) is 4.90 Å². The summed E-state index contributed by atoms with van der Waals surface area (Å²) in [4.78, 5) is 11.3. The zero-order chi connectivity index (χ0) is 14.1. The van der Waals surface area contributed by atoms with Crippen LogP contribution in [0.4, 0.5) is 13.2 Å². The molecule has 6 nitrogen and oxygen atoms in total. The largest absolute Gasteiger partial charge is 0.471 e. The van der Waals surface area contributed by atoms with Crippen molar-refractivity contribution in [1.29, 1.82) is 0 Å². The number of ether oxygens (including phenoxy) is 1. The molecule has 0 saturated carbocycles. The van der Waals surface area contributed by atoms with Gasteiger partial charge >= 0.3 is 12.1 Å². The van der Waals surface area contributed by atoms with E-state index in [4.69, 9.17) is 10.5 Å². The molecule has 0 aromatic rings. The van der Waals surface area contributed by atoms with E-state index in [1.54, 1.807) is 0 Å². The number of nitrogens with two attached hydrogens (primary N) is 1. The van der Waals surface area contributed by atoms with Gasteiger partial charge in [-0.25, -0.2) is 0 Å². The second kappa shape index (κ2) is 5.39. The van der Waals surface area contributed by atoms with Crippen molar-refractivity contribution in [2.24, 2.45) is 5.73 Å². The Morgan fingerprint density at radius 1 is 1.44 bits per heavy atom. The number of alkyl halides is 3. The number of carbonyl (C=O) groups is 1. The van der Waals surface area contributed by atoms with E-state index in [-0.39, 0.29) is 13.2 Å². The van der Waals surface area contributed by atoms with Crippen molar-refractivity contribution < 1.29 is 32.9 Å². The molecule has 0 aromatic heterocycles. The summed E-state index contributed by atoms with van der Waals surface area (Å²) < 4.78 is 41.7. The lowest BCUT2D eigenvalue weighted by molar-refractivity contribution is -0.202. The van der Waals surface area contributed by atoms with Crippen molar-refractivity contribution >= 4 is 5.91 Å². The Morgan fingerprint density at radius 3 is 2.44 bits per heavy atom. The van der Waals surface area contributed by atoms with Gasteiger partial charge in [0.15, 0.2) is 0 Å². The quantitative estimate of drug-likeness (QED) is 0.566. The second-order valence-corrected chi connectivity index (χ2v) is 4.07. The standard InChI is InChI=1S/C9H15F3N2O4/c1-14(8(17)9(10,11)12)4-3-18-5(2-13)7(16)6(4)15/h4-7,15-16H,2-3,13H2,1H3/t4-,5?,6?,7?/m0/s1. The molecule has 0 spiro atoms. The van der Waals surface area contributed by atoms with E-state index in [9.17, 15) is 28.2 Å². The molecule has 1 fully saturated rings. The van der Waals surface area contributed by atoms with Crippen LogP contribution in [0.25, 0.3) is 0 Å². The maximum absolute atomic E-state index is 12.2. The second-order valence-electron chi connectivity index (χ2n) is 4.07. The highest BCUT2D eigenvalue weighted by Crippen LogP contribution is 2.23. The number of aliphatic hydroxyl groups is 2. The molecule has 1 heterocycles. The van der Waals surface area contributed by atoms with E-state index in [1.165, 1.54) is 0 Å². The van der Waals surface area contributed by atoms with E-state index in [0.29, 0.717) is 4.90 Å². The van der Waals surface area contributed by atoms with Gasteiger partial charge in [-0.2, -0.15) is 13.2 Å². The lowest BCUT2D eigenvalue weighted by Crippen LogP contribution is -2.62. The van der Waals surface area contributed by atoms with E-state index in [1.807, 2.05) is 0 Å². The van der Waals surface area contributed by atoms with E-state index in [2.05, 4.69) is 0 Å². The molecule has 0 radical (unpaired) electrons. The van der Waals surface area contributed by atoms with Gasteiger partial charge in [-0.3, -0.25) is 4.79 Å². The van der Waals surface area contributed by atoms with Crippen LogP contribution in [0.1, 0.15) is 0 Å². The third kappa shape index (κ3) is 2.91. The molecule has 0 bridgehead atoms. The van der Waals surface area contributed by atoms with Crippen molar-refractivity contribution in [3.63, 3.8) is 0 Å². The Labute approximate surface area is 101 Å². The minimum absolute atomic E-state index is 0.0815. The van der Waals surface area contributed by atoms with Gasteiger partial charge in [-0.1, -0.05) is 0 Å².